The van der Waals surface area contributed by atoms with Gasteiger partial charge in [0.25, 0.3) is 0 Å². The van der Waals surface area contributed by atoms with Gasteiger partial charge in [-0.15, -0.1) is 0 Å². The van der Waals surface area contributed by atoms with E-state index in [2.05, 4.69) is 22.2 Å². The second kappa shape index (κ2) is 6.05. The van der Waals surface area contributed by atoms with Crippen molar-refractivity contribution < 1.29 is 9.90 Å². The maximum absolute atomic E-state index is 10.7. The van der Waals surface area contributed by atoms with Gasteiger partial charge in [-0.05, 0) is 13.3 Å². The molecule has 0 aromatic carbocycles. The number of hydrogen-bond acceptors (Lipinski definition) is 4. The van der Waals surface area contributed by atoms with Crippen molar-refractivity contribution in [3.8, 4) is 0 Å². The van der Waals surface area contributed by atoms with Crippen LogP contribution >= 0.6 is 0 Å². The Balaban J connectivity index is 2.56. The molecule has 0 amide bonds. The molecule has 88 valence electrons. The first-order valence-electron chi connectivity index (χ1n) is 5.46. The highest BCUT2D eigenvalue weighted by molar-refractivity contribution is 5.88. The van der Waals surface area contributed by atoms with Crippen molar-refractivity contribution in [2.24, 2.45) is 0 Å². The van der Waals surface area contributed by atoms with E-state index in [0.29, 0.717) is 11.6 Å². The number of unbranched alkanes of at least 4 members (excludes halogenated alkanes) is 2. The minimum absolute atomic E-state index is 0.152. The normalized spacial score (nSPS) is 10.1. The van der Waals surface area contributed by atoms with Crippen LogP contribution in [0.1, 0.15) is 42.2 Å². The second-order valence-corrected chi connectivity index (χ2v) is 3.63. The number of nitrogens with zero attached hydrogens (tertiary/aromatic N) is 2. The number of carboxylic acid groups (broad SMARTS) is 1. The molecule has 16 heavy (non-hydrogen) atoms. The molecule has 0 aliphatic rings. The summed E-state index contributed by atoms with van der Waals surface area (Å²) in [5, 5.41) is 11.9. The molecular formula is C11H17N3O2. The second-order valence-electron chi connectivity index (χ2n) is 3.63. The lowest BCUT2D eigenvalue weighted by Crippen LogP contribution is -2.09. The van der Waals surface area contributed by atoms with E-state index in [9.17, 15) is 4.79 Å². The Kier molecular flexibility index (Phi) is 4.69. The number of hydrogen-bond donors (Lipinski definition) is 2. The molecule has 0 unspecified atom stereocenters. The van der Waals surface area contributed by atoms with Crippen LogP contribution in [0.3, 0.4) is 0 Å². The number of aryl methyl sites for hydroxylation is 1. The monoisotopic (exact) mass is 223 g/mol. The van der Waals surface area contributed by atoms with Gasteiger partial charge in [0, 0.05) is 12.7 Å². The van der Waals surface area contributed by atoms with Crippen molar-refractivity contribution in [1.29, 1.82) is 0 Å². The molecule has 0 fully saturated rings. The van der Waals surface area contributed by atoms with Crippen molar-refractivity contribution in [2.45, 2.75) is 33.1 Å². The molecular weight excluding hydrogens is 206 g/mol. The molecule has 2 N–H and O–H groups in total. The van der Waals surface area contributed by atoms with E-state index in [0.717, 1.165) is 13.0 Å². The number of rotatable bonds is 6. The Bertz CT molecular complexity index is 366. The minimum Gasteiger partial charge on any atom is -0.478 e. The van der Waals surface area contributed by atoms with Crippen LogP contribution in [-0.2, 0) is 0 Å². The van der Waals surface area contributed by atoms with E-state index in [-0.39, 0.29) is 5.56 Å². The Morgan fingerprint density at radius 2 is 2.25 bits per heavy atom. The van der Waals surface area contributed by atoms with Gasteiger partial charge in [-0.3, -0.25) is 0 Å². The van der Waals surface area contributed by atoms with E-state index < -0.39 is 5.97 Å². The third-order valence-electron chi connectivity index (χ3n) is 2.27. The Labute approximate surface area is 94.9 Å². The van der Waals surface area contributed by atoms with Crippen molar-refractivity contribution in [2.75, 3.05) is 11.9 Å². The summed E-state index contributed by atoms with van der Waals surface area (Å²) < 4.78 is 0. The molecule has 1 aromatic rings. The zero-order chi connectivity index (χ0) is 12.0. The lowest BCUT2D eigenvalue weighted by atomic mass is 10.2. The minimum atomic E-state index is -0.991. The highest BCUT2D eigenvalue weighted by Crippen LogP contribution is 2.07. The van der Waals surface area contributed by atoms with Gasteiger partial charge in [0.05, 0.1) is 11.3 Å². The summed E-state index contributed by atoms with van der Waals surface area (Å²) >= 11 is 0. The predicted octanol–water partition coefficient (Wildman–Crippen LogP) is 2.09. The van der Waals surface area contributed by atoms with Crippen LogP contribution in [0, 0.1) is 6.92 Å². The fourth-order valence-electron chi connectivity index (χ4n) is 1.34. The first kappa shape index (κ1) is 12.4. The lowest BCUT2D eigenvalue weighted by Gasteiger charge is -2.05. The van der Waals surface area contributed by atoms with Crippen molar-refractivity contribution >= 4 is 11.9 Å². The molecule has 1 rings (SSSR count). The summed E-state index contributed by atoms with van der Waals surface area (Å²) in [4.78, 5) is 18.8. The topological polar surface area (TPSA) is 75.1 Å². The van der Waals surface area contributed by atoms with E-state index in [1.807, 2.05) is 0 Å². The Morgan fingerprint density at radius 1 is 1.50 bits per heavy atom. The maximum atomic E-state index is 10.7. The van der Waals surface area contributed by atoms with Gasteiger partial charge in [-0.1, -0.05) is 19.8 Å². The zero-order valence-electron chi connectivity index (χ0n) is 9.66. The summed E-state index contributed by atoms with van der Waals surface area (Å²) in [7, 11) is 0. The summed E-state index contributed by atoms with van der Waals surface area (Å²) in [6.07, 6.45) is 4.74. The molecule has 0 spiro atoms. The average Bonchev–Trinajstić information content (AvgIpc) is 2.24. The van der Waals surface area contributed by atoms with E-state index in [1.165, 1.54) is 19.0 Å². The molecule has 0 bridgehead atoms. The predicted molar refractivity (Wildman–Crippen MR) is 61.7 cm³/mol. The summed E-state index contributed by atoms with van der Waals surface area (Å²) in [5.74, 6) is -0.492. The largest absolute Gasteiger partial charge is 0.478 e. The smallest absolute Gasteiger partial charge is 0.339 e. The molecule has 0 aliphatic heterocycles. The van der Waals surface area contributed by atoms with E-state index in [4.69, 9.17) is 5.11 Å². The maximum Gasteiger partial charge on any atom is 0.339 e. The van der Waals surface area contributed by atoms with Crippen molar-refractivity contribution in [3.05, 3.63) is 17.5 Å². The molecule has 0 saturated carbocycles. The highest BCUT2D eigenvalue weighted by Gasteiger charge is 2.09. The SMILES string of the molecule is CCCCCNc1ncc(C(=O)O)c(C)n1. The molecule has 0 saturated heterocycles. The molecule has 0 aliphatic carbocycles. The van der Waals surface area contributed by atoms with E-state index in [1.54, 1.807) is 6.92 Å². The van der Waals surface area contributed by atoms with Crippen LogP contribution in [-0.4, -0.2) is 27.6 Å². The molecule has 5 nitrogen and oxygen atoms in total. The molecule has 5 heteroatoms. The van der Waals surface area contributed by atoms with Crippen LogP contribution in [0.5, 0.6) is 0 Å². The Morgan fingerprint density at radius 3 is 2.81 bits per heavy atom. The van der Waals surface area contributed by atoms with Gasteiger partial charge >= 0.3 is 5.97 Å². The first-order chi connectivity index (χ1) is 7.65. The van der Waals surface area contributed by atoms with Crippen molar-refractivity contribution in [1.82, 2.24) is 9.97 Å². The van der Waals surface area contributed by atoms with Gasteiger partial charge in [0.15, 0.2) is 0 Å². The van der Waals surface area contributed by atoms with Gasteiger partial charge in [-0.2, -0.15) is 0 Å². The van der Waals surface area contributed by atoms with Crippen LogP contribution in [0.4, 0.5) is 5.95 Å². The number of aromatic nitrogens is 2. The van der Waals surface area contributed by atoms with Crippen LogP contribution < -0.4 is 5.32 Å². The van der Waals surface area contributed by atoms with Crippen molar-refractivity contribution in [3.63, 3.8) is 0 Å². The number of anilines is 1. The van der Waals surface area contributed by atoms with Gasteiger partial charge < -0.3 is 10.4 Å². The Hall–Kier alpha value is -1.65. The van der Waals surface area contributed by atoms with Crippen LogP contribution in [0.25, 0.3) is 0 Å². The molecule has 0 radical (unpaired) electrons. The molecule has 1 heterocycles. The zero-order valence-corrected chi connectivity index (χ0v) is 9.66. The van der Waals surface area contributed by atoms with Crippen LogP contribution in [0.2, 0.25) is 0 Å². The van der Waals surface area contributed by atoms with E-state index >= 15 is 0 Å². The number of carbonyl (C=O) groups is 1. The first-order valence-corrected chi connectivity index (χ1v) is 5.46. The highest BCUT2D eigenvalue weighted by atomic mass is 16.4. The molecule has 1 aromatic heterocycles. The quantitative estimate of drug-likeness (QED) is 0.722. The molecule has 0 atom stereocenters. The van der Waals surface area contributed by atoms with Crippen LogP contribution in [0.15, 0.2) is 6.20 Å². The lowest BCUT2D eigenvalue weighted by molar-refractivity contribution is 0.0695. The number of carboxylic acids is 1. The summed E-state index contributed by atoms with van der Waals surface area (Å²) in [6.45, 7) is 4.63. The standard InChI is InChI=1S/C11H17N3O2/c1-3-4-5-6-12-11-13-7-9(10(15)16)8(2)14-11/h7H,3-6H2,1-2H3,(H,15,16)(H,12,13,14). The third-order valence-corrected chi connectivity index (χ3v) is 2.27. The fourth-order valence-corrected chi connectivity index (χ4v) is 1.34. The fraction of sp³-hybridized carbons (Fsp3) is 0.545. The van der Waals surface area contributed by atoms with Gasteiger partial charge in [0.1, 0.15) is 0 Å². The van der Waals surface area contributed by atoms with Gasteiger partial charge in [0.2, 0.25) is 5.95 Å². The summed E-state index contributed by atoms with van der Waals surface area (Å²) in [5.41, 5.74) is 0.639. The van der Waals surface area contributed by atoms with Gasteiger partial charge in [-0.25, -0.2) is 14.8 Å². The third kappa shape index (κ3) is 3.49. The summed E-state index contributed by atoms with van der Waals surface area (Å²) in [6, 6.07) is 0. The average molecular weight is 223 g/mol. The number of aromatic carboxylic acids is 1. The number of nitrogens with one attached hydrogen (secondary N) is 1.